The van der Waals surface area contributed by atoms with Gasteiger partial charge in [-0.05, 0) is 54.9 Å². The summed E-state index contributed by atoms with van der Waals surface area (Å²) in [6.45, 7) is 12.8. The fourth-order valence-corrected chi connectivity index (χ4v) is 6.58. The largest absolute Gasteiger partial charge is 0.462 e. The van der Waals surface area contributed by atoms with Crippen LogP contribution in [0.4, 0.5) is 0 Å². The lowest BCUT2D eigenvalue weighted by molar-refractivity contribution is -0.177. The Bertz CT molecular complexity index is 740. The van der Waals surface area contributed by atoms with Gasteiger partial charge in [0.1, 0.15) is 18.3 Å². The monoisotopic (exact) mass is 420 g/mol. The normalized spacial score (nSPS) is 40.1. The van der Waals surface area contributed by atoms with Crippen molar-refractivity contribution >= 4 is 11.9 Å². The molecule has 6 nitrogen and oxygen atoms in total. The van der Waals surface area contributed by atoms with Crippen LogP contribution in [0.25, 0.3) is 0 Å². The van der Waals surface area contributed by atoms with E-state index in [1.807, 2.05) is 0 Å². The first-order valence-corrected chi connectivity index (χ1v) is 11.0. The fraction of sp³-hybridized carbons (Fsp3) is 0.750. The third-order valence-electron chi connectivity index (χ3n) is 7.95. The minimum Gasteiger partial charge on any atom is -0.462 e. The summed E-state index contributed by atoms with van der Waals surface area (Å²) in [5, 5.41) is 21.1. The third kappa shape index (κ3) is 3.96. The molecule has 0 aromatic carbocycles. The zero-order valence-electron chi connectivity index (χ0n) is 18.8. The molecule has 0 bridgehead atoms. The van der Waals surface area contributed by atoms with Crippen molar-refractivity contribution in [1.82, 2.24) is 0 Å². The first kappa shape index (κ1) is 23.0. The molecule has 3 fully saturated rings. The molecule has 3 saturated carbocycles. The first-order valence-electron chi connectivity index (χ1n) is 11.0. The van der Waals surface area contributed by atoms with Crippen molar-refractivity contribution in [3.05, 3.63) is 24.3 Å². The summed E-state index contributed by atoms with van der Waals surface area (Å²) >= 11 is 0. The number of carbonyl (C=O) groups excluding carboxylic acids is 2. The number of aliphatic hydroxyl groups is 2. The molecule has 0 saturated heterocycles. The van der Waals surface area contributed by atoms with Gasteiger partial charge in [0.25, 0.3) is 0 Å². The number of ether oxygens (including phenoxy) is 2. The zero-order valence-corrected chi connectivity index (χ0v) is 18.8. The lowest BCUT2D eigenvalue weighted by Gasteiger charge is -2.59. The second kappa shape index (κ2) is 8.12. The summed E-state index contributed by atoms with van der Waals surface area (Å²) in [7, 11) is 0. The molecule has 168 valence electrons. The van der Waals surface area contributed by atoms with Gasteiger partial charge < -0.3 is 19.7 Å². The van der Waals surface area contributed by atoms with Crippen molar-refractivity contribution in [2.75, 3.05) is 6.61 Å². The quantitative estimate of drug-likeness (QED) is 0.486. The standard InChI is InChI=1S/C24H36O6/c1-13-7-8-18-21(13)22-17(11-20(24(18,22)6)30-16(4)26)14(2)19(27)9-10-23(5,28)12-29-15(3)25/h9-10,13,17-22,27-28H,2,7-8,11-12H2,1,3-6H3/b10-9+/t13-,17+,18+,19?,20-,21-,22+,23?,24+/m1/s1. The Morgan fingerprint density at radius 2 is 1.97 bits per heavy atom. The molecule has 0 aliphatic heterocycles. The van der Waals surface area contributed by atoms with Crippen molar-refractivity contribution in [1.29, 1.82) is 0 Å². The molecule has 3 rings (SSSR count). The van der Waals surface area contributed by atoms with E-state index in [4.69, 9.17) is 9.47 Å². The van der Waals surface area contributed by atoms with Gasteiger partial charge >= 0.3 is 11.9 Å². The average molecular weight is 421 g/mol. The minimum atomic E-state index is -1.38. The Hall–Kier alpha value is -1.66. The summed E-state index contributed by atoms with van der Waals surface area (Å²) in [6.07, 6.45) is 4.90. The van der Waals surface area contributed by atoms with E-state index in [0.29, 0.717) is 35.7 Å². The van der Waals surface area contributed by atoms with Crippen LogP contribution in [0, 0.1) is 35.0 Å². The van der Waals surface area contributed by atoms with Gasteiger partial charge in [0, 0.05) is 19.3 Å². The average Bonchev–Trinajstić information content (AvgIpc) is 3.10. The highest BCUT2D eigenvalue weighted by atomic mass is 16.5. The molecule has 9 atom stereocenters. The minimum absolute atomic E-state index is 0.0548. The SMILES string of the molecule is C=C(C(O)/C=C/C(C)(O)COC(C)=O)[C@@H]1C[C@@H](OC(C)=O)[C@@]2(C)[C@@H]1[C@@H]1[C@H](C)CC[C@@H]12. The van der Waals surface area contributed by atoms with Crippen molar-refractivity contribution in [2.24, 2.45) is 35.0 Å². The molecule has 6 heteroatoms. The van der Waals surface area contributed by atoms with Crippen molar-refractivity contribution in [3.8, 4) is 0 Å². The van der Waals surface area contributed by atoms with Crippen LogP contribution in [0.15, 0.2) is 24.3 Å². The predicted octanol–water partition coefficient (Wildman–Crippen LogP) is 3.02. The zero-order chi connectivity index (χ0) is 22.4. The molecular formula is C24H36O6. The highest BCUT2D eigenvalue weighted by Gasteiger charge is 2.71. The maximum Gasteiger partial charge on any atom is 0.302 e. The van der Waals surface area contributed by atoms with Crippen molar-refractivity contribution < 1.29 is 29.3 Å². The highest BCUT2D eigenvalue weighted by molar-refractivity contribution is 5.66. The number of aliphatic hydroxyl groups excluding tert-OH is 1. The molecular weight excluding hydrogens is 384 g/mol. The van der Waals surface area contributed by atoms with Gasteiger partial charge in [0.2, 0.25) is 0 Å². The molecule has 3 aliphatic carbocycles. The van der Waals surface area contributed by atoms with Crippen LogP contribution in [0.5, 0.6) is 0 Å². The molecule has 2 unspecified atom stereocenters. The van der Waals surface area contributed by atoms with Gasteiger partial charge in [-0.2, -0.15) is 0 Å². The van der Waals surface area contributed by atoms with E-state index in [1.54, 1.807) is 0 Å². The van der Waals surface area contributed by atoms with E-state index >= 15 is 0 Å². The Labute approximate surface area is 179 Å². The van der Waals surface area contributed by atoms with Crippen molar-refractivity contribution in [2.45, 2.75) is 71.7 Å². The fourth-order valence-electron chi connectivity index (χ4n) is 6.58. The molecule has 2 N–H and O–H groups in total. The van der Waals surface area contributed by atoms with Crippen LogP contribution in [0.1, 0.15) is 53.9 Å². The molecule has 0 spiro atoms. The maximum absolute atomic E-state index is 11.7. The Morgan fingerprint density at radius 1 is 1.30 bits per heavy atom. The van der Waals surface area contributed by atoms with Gasteiger partial charge in [-0.3, -0.25) is 9.59 Å². The summed E-state index contributed by atoms with van der Waals surface area (Å²) in [5.74, 6) is 1.40. The van der Waals surface area contributed by atoms with Gasteiger partial charge in [0.15, 0.2) is 0 Å². The molecule has 0 aromatic heterocycles. The topological polar surface area (TPSA) is 93.1 Å². The number of hydrogen-bond acceptors (Lipinski definition) is 6. The smallest absolute Gasteiger partial charge is 0.302 e. The summed E-state index contributed by atoms with van der Waals surface area (Å²) in [5.41, 5.74) is -0.754. The van der Waals surface area contributed by atoms with Crippen LogP contribution in [0.2, 0.25) is 0 Å². The lowest BCUT2D eigenvalue weighted by Crippen LogP contribution is -2.58. The number of hydrogen-bond donors (Lipinski definition) is 2. The summed E-state index contributed by atoms with van der Waals surface area (Å²) in [4.78, 5) is 22.7. The Morgan fingerprint density at radius 3 is 2.57 bits per heavy atom. The van der Waals surface area contributed by atoms with Crippen LogP contribution in [-0.2, 0) is 19.1 Å². The van der Waals surface area contributed by atoms with Gasteiger partial charge in [0.05, 0.1) is 6.10 Å². The van der Waals surface area contributed by atoms with Crippen LogP contribution < -0.4 is 0 Å². The van der Waals surface area contributed by atoms with E-state index in [-0.39, 0.29) is 30.0 Å². The molecule has 0 amide bonds. The molecule has 0 radical (unpaired) electrons. The van der Waals surface area contributed by atoms with Crippen LogP contribution in [-0.4, -0.2) is 46.6 Å². The first-order chi connectivity index (χ1) is 13.9. The number of carbonyl (C=O) groups is 2. The Balaban J connectivity index is 1.75. The van der Waals surface area contributed by atoms with E-state index in [9.17, 15) is 19.8 Å². The lowest BCUT2D eigenvalue weighted by atomic mass is 9.46. The predicted molar refractivity (Wildman–Crippen MR) is 112 cm³/mol. The van der Waals surface area contributed by atoms with E-state index in [2.05, 4.69) is 20.4 Å². The summed E-state index contributed by atoms with van der Waals surface area (Å²) in [6, 6.07) is 0. The molecule has 30 heavy (non-hydrogen) atoms. The van der Waals surface area contributed by atoms with Gasteiger partial charge in [-0.1, -0.05) is 39.0 Å². The van der Waals surface area contributed by atoms with Crippen LogP contribution in [0.3, 0.4) is 0 Å². The summed E-state index contributed by atoms with van der Waals surface area (Å²) < 4.78 is 10.6. The Kier molecular flexibility index (Phi) is 6.23. The van der Waals surface area contributed by atoms with Crippen LogP contribution >= 0.6 is 0 Å². The number of esters is 2. The van der Waals surface area contributed by atoms with E-state index in [1.165, 1.54) is 39.3 Å². The number of rotatable bonds is 7. The third-order valence-corrected chi connectivity index (χ3v) is 7.95. The molecule has 3 aliphatic rings. The van der Waals surface area contributed by atoms with Crippen molar-refractivity contribution in [3.63, 3.8) is 0 Å². The molecule has 0 aromatic rings. The molecule has 0 heterocycles. The second-order valence-corrected chi connectivity index (χ2v) is 10.1. The number of fused-ring (bicyclic) bond motifs is 4. The van der Waals surface area contributed by atoms with Gasteiger partial charge in [-0.15, -0.1) is 0 Å². The highest BCUT2D eigenvalue weighted by Crippen LogP contribution is 2.73. The second-order valence-electron chi connectivity index (χ2n) is 10.1. The van der Waals surface area contributed by atoms with E-state index < -0.39 is 17.7 Å². The maximum atomic E-state index is 11.7. The van der Waals surface area contributed by atoms with Gasteiger partial charge in [-0.25, -0.2) is 0 Å². The van der Waals surface area contributed by atoms with E-state index in [0.717, 1.165) is 6.42 Å².